The molecule has 6 nitrogen and oxygen atoms in total. The Morgan fingerprint density at radius 1 is 0.692 bits per heavy atom. The van der Waals surface area contributed by atoms with Gasteiger partial charge in [-0.3, -0.25) is 9.13 Å². The van der Waals surface area contributed by atoms with Crippen LogP contribution in [0.25, 0.3) is 22.1 Å². The van der Waals surface area contributed by atoms with Gasteiger partial charge in [0.2, 0.25) is 0 Å². The van der Waals surface area contributed by atoms with Gasteiger partial charge in [0.1, 0.15) is 0 Å². The third-order valence-corrected chi connectivity index (χ3v) is 4.33. The van der Waals surface area contributed by atoms with Crippen LogP contribution in [0.1, 0.15) is 13.8 Å². The molecular weight excluding hydrogens is 328 g/mol. The van der Waals surface area contributed by atoms with Gasteiger partial charge in [0, 0.05) is 13.1 Å². The zero-order valence-electron chi connectivity index (χ0n) is 15.1. The lowest BCUT2D eigenvalue weighted by Crippen LogP contribution is -2.11. The minimum absolute atomic E-state index is 0.585. The van der Waals surface area contributed by atoms with Crippen molar-refractivity contribution in [3.05, 3.63) is 48.5 Å². The van der Waals surface area contributed by atoms with E-state index in [1.165, 1.54) is 0 Å². The number of imidazole rings is 2. The third kappa shape index (κ3) is 2.87. The molecule has 0 atom stereocenters. The van der Waals surface area contributed by atoms with Crippen molar-refractivity contribution in [2.45, 2.75) is 26.9 Å². The Bertz CT molecular complexity index is 951. The highest BCUT2D eigenvalue weighted by Crippen LogP contribution is 2.24. The molecule has 0 aliphatic carbocycles. The highest BCUT2D eigenvalue weighted by atomic mass is 16.5. The number of rotatable bonds is 7. The van der Waals surface area contributed by atoms with Crippen molar-refractivity contribution in [2.75, 3.05) is 13.2 Å². The SMILES string of the molecule is CCOc1nc2ccccc2n1CCn1c(OCC)nc2ccccc21. The molecule has 2 aromatic heterocycles. The fraction of sp³-hybridized carbons (Fsp3) is 0.300. The maximum atomic E-state index is 5.75. The summed E-state index contributed by atoms with van der Waals surface area (Å²) in [5, 5.41) is 0. The number of hydrogen-bond donors (Lipinski definition) is 0. The molecule has 4 rings (SSSR count). The normalized spacial score (nSPS) is 11.3. The second-order valence-corrected chi connectivity index (χ2v) is 5.94. The Morgan fingerprint density at radius 3 is 1.54 bits per heavy atom. The molecular formula is C20H22N4O2. The second kappa shape index (κ2) is 7.07. The summed E-state index contributed by atoms with van der Waals surface area (Å²) >= 11 is 0. The maximum Gasteiger partial charge on any atom is 0.297 e. The Labute approximate surface area is 152 Å². The Hall–Kier alpha value is -3.02. The van der Waals surface area contributed by atoms with E-state index in [4.69, 9.17) is 9.47 Å². The van der Waals surface area contributed by atoms with Gasteiger partial charge in [-0.25, -0.2) is 0 Å². The van der Waals surface area contributed by atoms with Crippen LogP contribution in [0.15, 0.2) is 48.5 Å². The summed E-state index contributed by atoms with van der Waals surface area (Å²) in [6, 6.07) is 17.5. The topological polar surface area (TPSA) is 54.1 Å². The van der Waals surface area contributed by atoms with Crippen LogP contribution in [0, 0.1) is 0 Å². The summed E-state index contributed by atoms with van der Waals surface area (Å²) in [5.74, 6) is 0. The summed E-state index contributed by atoms with van der Waals surface area (Å²) in [5.41, 5.74) is 4.02. The van der Waals surface area contributed by atoms with Gasteiger partial charge in [-0.2, -0.15) is 9.97 Å². The lowest BCUT2D eigenvalue weighted by Gasteiger charge is -2.12. The summed E-state index contributed by atoms with van der Waals surface area (Å²) < 4.78 is 15.7. The predicted octanol–water partition coefficient (Wildman–Crippen LogP) is 3.88. The molecule has 26 heavy (non-hydrogen) atoms. The number of ether oxygens (including phenoxy) is 2. The average molecular weight is 350 g/mol. The molecule has 0 saturated carbocycles. The van der Waals surface area contributed by atoms with E-state index in [0.717, 1.165) is 35.2 Å². The van der Waals surface area contributed by atoms with Crippen molar-refractivity contribution < 1.29 is 9.47 Å². The predicted molar refractivity (Wildman–Crippen MR) is 102 cm³/mol. The first-order valence-electron chi connectivity index (χ1n) is 8.98. The van der Waals surface area contributed by atoms with Gasteiger partial charge in [0.25, 0.3) is 12.0 Å². The quantitative estimate of drug-likeness (QED) is 0.507. The summed E-state index contributed by atoms with van der Waals surface area (Å²) in [6.07, 6.45) is 0. The van der Waals surface area contributed by atoms with Crippen molar-refractivity contribution in [1.82, 2.24) is 19.1 Å². The maximum absolute atomic E-state index is 5.75. The fourth-order valence-electron chi connectivity index (χ4n) is 3.22. The largest absolute Gasteiger partial charge is 0.465 e. The van der Waals surface area contributed by atoms with Gasteiger partial charge in [0.15, 0.2) is 0 Å². The van der Waals surface area contributed by atoms with Gasteiger partial charge >= 0.3 is 0 Å². The van der Waals surface area contributed by atoms with E-state index in [0.29, 0.717) is 25.2 Å². The number of para-hydroxylation sites is 4. The molecule has 2 heterocycles. The number of fused-ring (bicyclic) bond motifs is 2. The number of hydrogen-bond acceptors (Lipinski definition) is 4. The van der Waals surface area contributed by atoms with Gasteiger partial charge < -0.3 is 9.47 Å². The van der Waals surface area contributed by atoms with Crippen LogP contribution < -0.4 is 9.47 Å². The molecule has 0 unspecified atom stereocenters. The van der Waals surface area contributed by atoms with Crippen LogP contribution in [0.3, 0.4) is 0 Å². The highest BCUT2D eigenvalue weighted by Gasteiger charge is 2.15. The van der Waals surface area contributed by atoms with Crippen LogP contribution in [0.4, 0.5) is 0 Å². The molecule has 0 bridgehead atoms. The average Bonchev–Trinajstić information content (AvgIpc) is 3.18. The first-order chi connectivity index (χ1) is 12.8. The third-order valence-electron chi connectivity index (χ3n) is 4.33. The second-order valence-electron chi connectivity index (χ2n) is 5.94. The van der Waals surface area contributed by atoms with E-state index < -0.39 is 0 Å². The van der Waals surface area contributed by atoms with E-state index in [-0.39, 0.29) is 0 Å². The molecule has 0 aliphatic rings. The van der Waals surface area contributed by atoms with Gasteiger partial charge in [-0.1, -0.05) is 24.3 Å². The smallest absolute Gasteiger partial charge is 0.297 e. The molecule has 0 fully saturated rings. The van der Waals surface area contributed by atoms with Crippen LogP contribution in [0.5, 0.6) is 12.0 Å². The van der Waals surface area contributed by atoms with Crippen LogP contribution in [-0.2, 0) is 13.1 Å². The minimum Gasteiger partial charge on any atom is -0.465 e. The lowest BCUT2D eigenvalue weighted by molar-refractivity contribution is 0.284. The number of benzene rings is 2. The molecule has 4 aromatic rings. The molecule has 0 spiro atoms. The van der Waals surface area contributed by atoms with E-state index in [2.05, 4.69) is 31.2 Å². The highest BCUT2D eigenvalue weighted by molar-refractivity contribution is 5.77. The number of aromatic nitrogens is 4. The van der Waals surface area contributed by atoms with Crippen molar-refractivity contribution in [2.24, 2.45) is 0 Å². The Balaban J connectivity index is 1.71. The Morgan fingerprint density at radius 2 is 1.12 bits per heavy atom. The summed E-state index contributed by atoms with van der Waals surface area (Å²) in [4.78, 5) is 9.22. The summed E-state index contributed by atoms with van der Waals surface area (Å²) in [7, 11) is 0. The molecule has 0 radical (unpaired) electrons. The van der Waals surface area contributed by atoms with Gasteiger partial charge in [0.05, 0.1) is 35.3 Å². The molecule has 0 amide bonds. The molecule has 0 aliphatic heterocycles. The minimum atomic E-state index is 0.585. The van der Waals surface area contributed by atoms with E-state index in [1.54, 1.807) is 0 Å². The zero-order chi connectivity index (χ0) is 17.9. The molecule has 0 N–H and O–H groups in total. The zero-order valence-corrected chi connectivity index (χ0v) is 15.1. The van der Waals surface area contributed by atoms with Crippen molar-refractivity contribution in [3.63, 3.8) is 0 Å². The van der Waals surface area contributed by atoms with Crippen LogP contribution in [-0.4, -0.2) is 32.3 Å². The number of aryl methyl sites for hydroxylation is 2. The van der Waals surface area contributed by atoms with E-state index >= 15 is 0 Å². The molecule has 0 saturated heterocycles. The van der Waals surface area contributed by atoms with Gasteiger partial charge in [-0.05, 0) is 38.1 Å². The Kier molecular flexibility index (Phi) is 4.48. The van der Waals surface area contributed by atoms with Crippen LogP contribution >= 0.6 is 0 Å². The molecule has 2 aromatic carbocycles. The lowest BCUT2D eigenvalue weighted by atomic mass is 10.3. The molecule has 6 heteroatoms. The molecule has 134 valence electrons. The van der Waals surface area contributed by atoms with Crippen molar-refractivity contribution >= 4 is 22.1 Å². The first kappa shape index (κ1) is 16.4. The summed E-state index contributed by atoms with van der Waals surface area (Å²) in [6.45, 7) is 6.55. The fourth-order valence-corrected chi connectivity index (χ4v) is 3.22. The van der Waals surface area contributed by atoms with E-state index in [9.17, 15) is 0 Å². The van der Waals surface area contributed by atoms with E-state index in [1.807, 2.05) is 50.2 Å². The standard InChI is InChI=1S/C20H22N4O2/c1-3-25-19-21-15-9-5-7-11-17(15)23(19)13-14-24-18-12-8-6-10-16(18)22-20(24)26-4-2/h5-12H,3-4,13-14H2,1-2H3. The van der Waals surface area contributed by atoms with Crippen molar-refractivity contribution in [3.8, 4) is 12.0 Å². The monoisotopic (exact) mass is 350 g/mol. The van der Waals surface area contributed by atoms with Crippen molar-refractivity contribution in [1.29, 1.82) is 0 Å². The first-order valence-corrected chi connectivity index (χ1v) is 8.98. The van der Waals surface area contributed by atoms with Gasteiger partial charge in [-0.15, -0.1) is 0 Å². The number of nitrogens with zero attached hydrogens (tertiary/aromatic N) is 4. The van der Waals surface area contributed by atoms with Crippen LogP contribution in [0.2, 0.25) is 0 Å².